The maximum absolute atomic E-state index is 12.8. The van der Waals surface area contributed by atoms with E-state index >= 15 is 0 Å². The summed E-state index contributed by atoms with van der Waals surface area (Å²) in [6, 6.07) is 12.8. The number of hydrogen-bond donors (Lipinski definition) is 0. The van der Waals surface area contributed by atoms with Gasteiger partial charge in [0, 0.05) is 12.1 Å². The van der Waals surface area contributed by atoms with Gasteiger partial charge in [0.05, 0.1) is 27.0 Å². The van der Waals surface area contributed by atoms with Crippen LogP contribution in [0, 0.1) is 20.2 Å². The van der Waals surface area contributed by atoms with E-state index in [-0.39, 0.29) is 11.4 Å². The fourth-order valence-electron chi connectivity index (χ4n) is 2.42. The third-order valence-electron chi connectivity index (χ3n) is 3.86. The van der Waals surface area contributed by atoms with Crippen molar-refractivity contribution in [3.8, 4) is 11.5 Å². The highest BCUT2D eigenvalue weighted by molar-refractivity contribution is 5.43. The largest absolute Gasteiger partial charge is 0.456 e. The van der Waals surface area contributed by atoms with E-state index in [1.165, 1.54) is 30.3 Å². The second kappa shape index (κ2) is 9.97. The van der Waals surface area contributed by atoms with Crippen LogP contribution in [0.3, 0.4) is 0 Å². The molecule has 0 aliphatic heterocycles. The quantitative estimate of drug-likeness (QED) is 0.230. The van der Waals surface area contributed by atoms with E-state index in [9.17, 15) is 46.6 Å². The summed E-state index contributed by atoms with van der Waals surface area (Å²) in [6.45, 7) is 0. The lowest BCUT2D eigenvalue weighted by Gasteiger charge is -2.16. The Morgan fingerprint density at radius 1 is 0.606 bits per heavy atom. The molecule has 7 nitrogen and oxygen atoms in total. The molecule has 0 fully saturated rings. The van der Waals surface area contributed by atoms with Crippen LogP contribution in [-0.2, 0) is 12.4 Å². The van der Waals surface area contributed by atoms with Crippen LogP contribution in [0.5, 0.6) is 11.5 Å². The van der Waals surface area contributed by atoms with Gasteiger partial charge in [-0.1, -0.05) is 24.3 Å². The summed E-state index contributed by atoms with van der Waals surface area (Å²) < 4.78 is 81.6. The smallest absolute Gasteiger partial charge is 0.419 e. The number of nitro groups is 2. The zero-order valence-corrected chi connectivity index (χ0v) is 16.1. The average Bonchev–Trinajstić information content (AvgIpc) is 2.73. The standard InChI is InChI=1S/C14H8F6O.C6H4N2O4/c15-13(16,17)9-5-1-3-7-11(9)21-12-8-4-2-6-10(12)14(18,19)20;9-7(10)5-2-1-3-6(4-5)8(11)12/h1-8H;1-4H. The number of alkyl halides is 6. The van der Waals surface area contributed by atoms with Gasteiger partial charge in [-0.05, 0) is 30.3 Å². The van der Waals surface area contributed by atoms with Crippen molar-refractivity contribution in [2.45, 2.75) is 12.4 Å². The number of para-hydroxylation sites is 2. The molecule has 0 unspecified atom stereocenters. The summed E-state index contributed by atoms with van der Waals surface area (Å²) in [5.74, 6) is -1.36. The van der Waals surface area contributed by atoms with Crippen LogP contribution in [0.2, 0.25) is 0 Å². The molecule has 3 rings (SSSR count). The first-order valence-corrected chi connectivity index (χ1v) is 8.70. The maximum atomic E-state index is 12.8. The Balaban J connectivity index is 0.000000273. The number of non-ortho nitro benzene ring substituents is 2. The highest BCUT2D eigenvalue weighted by Gasteiger charge is 2.37. The molecule has 3 aromatic carbocycles. The molecule has 0 radical (unpaired) electrons. The molecule has 0 spiro atoms. The number of benzene rings is 3. The molecule has 0 aliphatic rings. The molecule has 174 valence electrons. The molecule has 0 atom stereocenters. The van der Waals surface area contributed by atoms with Crippen LogP contribution in [-0.4, -0.2) is 9.85 Å². The Hall–Kier alpha value is -4.16. The monoisotopic (exact) mass is 474 g/mol. The molecule has 0 saturated heterocycles. The van der Waals surface area contributed by atoms with Crippen molar-refractivity contribution < 1.29 is 40.9 Å². The zero-order valence-electron chi connectivity index (χ0n) is 16.1. The van der Waals surface area contributed by atoms with Gasteiger partial charge in [0.25, 0.3) is 11.4 Å². The van der Waals surface area contributed by atoms with E-state index < -0.39 is 44.8 Å². The number of nitrogens with zero attached hydrogens (tertiary/aromatic N) is 2. The van der Waals surface area contributed by atoms with Crippen molar-refractivity contribution >= 4 is 11.4 Å². The van der Waals surface area contributed by atoms with Gasteiger partial charge >= 0.3 is 12.4 Å². The lowest BCUT2D eigenvalue weighted by Crippen LogP contribution is -2.09. The minimum Gasteiger partial charge on any atom is -0.456 e. The molecule has 13 heteroatoms. The van der Waals surface area contributed by atoms with Gasteiger partial charge in [0.2, 0.25) is 0 Å². The van der Waals surface area contributed by atoms with Gasteiger partial charge in [0.1, 0.15) is 11.5 Å². The highest BCUT2D eigenvalue weighted by atomic mass is 19.4. The van der Waals surface area contributed by atoms with Crippen LogP contribution in [0.25, 0.3) is 0 Å². The molecule has 0 heterocycles. The van der Waals surface area contributed by atoms with Gasteiger partial charge < -0.3 is 4.74 Å². The zero-order chi connectivity index (χ0) is 24.8. The summed E-state index contributed by atoms with van der Waals surface area (Å²) in [5, 5.41) is 20.3. The van der Waals surface area contributed by atoms with E-state index in [4.69, 9.17) is 4.74 Å². The molecular weight excluding hydrogens is 462 g/mol. The lowest BCUT2D eigenvalue weighted by atomic mass is 10.1. The predicted molar refractivity (Wildman–Crippen MR) is 103 cm³/mol. The summed E-state index contributed by atoms with van der Waals surface area (Å²) in [5.41, 5.74) is -2.82. The van der Waals surface area contributed by atoms with E-state index in [2.05, 4.69) is 0 Å². The van der Waals surface area contributed by atoms with Crippen molar-refractivity contribution in [2.75, 3.05) is 0 Å². The van der Waals surface area contributed by atoms with Crippen LogP contribution in [0.15, 0.2) is 72.8 Å². The second-order valence-electron chi connectivity index (χ2n) is 6.12. The molecule has 0 aromatic heterocycles. The highest BCUT2D eigenvalue weighted by Crippen LogP contribution is 2.41. The number of ether oxygens (including phenoxy) is 1. The molecule has 0 bridgehead atoms. The van der Waals surface area contributed by atoms with Gasteiger partial charge in [-0.2, -0.15) is 26.3 Å². The van der Waals surface area contributed by atoms with Gasteiger partial charge in [-0.25, -0.2) is 0 Å². The van der Waals surface area contributed by atoms with E-state index in [0.29, 0.717) is 0 Å². The molecule has 3 aromatic rings. The maximum Gasteiger partial charge on any atom is 0.419 e. The average molecular weight is 474 g/mol. The topological polar surface area (TPSA) is 95.5 Å². The number of halogens is 6. The number of nitro benzene ring substituents is 2. The van der Waals surface area contributed by atoms with Gasteiger partial charge in [-0.3, -0.25) is 20.2 Å². The molecule has 0 aliphatic carbocycles. The van der Waals surface area contributed by atoms with E-state index in [1.54, 1.807) is 0 Å². The minimum absolute atomic E-state index is 0.274. The van der Waals surface area contributed by atoms with Crippen LogP contribution < -0.4 is 4.74 Å². The normalized spacial score (nSPS) is 11.2. The van der Waals surface area contributed by atoms with E-state index in [1.807, 2.05) is 0 Å². The first-order chi connectivity index (χ1) is 15.3. The van der Waals surface area contributed by atoms with Crippen LogP contribution in [0.4, 0.5) is 37.7 Å². The summed E-state index contributed by atoms with van der Waals surface area (Å²) in [4.78, 5) is 19.0. The Morgan fingerprint density at radius 3 is 1.30 bits per heavy atom. The lowest BCUT2D eigenvalue weighted by molar-refractivity contribution is -0.394. The summed E-state index contributed by atoms with van der Waals surface area (Å²) >= 11 is 0. The number of hydrogen-bond acceptors (Lipinski definition) is 5. The third-order valence-corrected chi connectivity index (χ3v) is 3.86. The molecular formula is C20H12F6N2O5. The van der Waals surface area contributed by atoms with Gasteiger partial charge in [-0.15, -0.1) is 0 Å². The minimum atomic E-state index is -4.72. The third kappa shape index (κ3) is 6.92. The van der Waals surface area contributed by atoms with Crippen molar-refractivity contribution in [1.82, 2.24) is 0 Å². The fourth-order valence-corrected chi connectivity index (χ4v) is 2.42. The summed E-state index contributed by atoms with van der Waals surface area (Å²) in [7, 11) is 0. The Labute approximate surface area is 181 Å². The Morgan fingerprint density at radius 2 is 0.970 bits per heavy atom. The Bertz CT molecular complexity index is 1060. The second-order valence-corrected chi connectivity index (χ2v) is 6.12. The van der Waals surface area contributed by atoms with Crippen molar-refractivity contribution in [3.05, 3.63) is 104 Å². The predicted octanol–water partition coefficient (Wildman–Crippen LogP) is 7.02. The van der Waals surface area contributed by atoms with Gasteiger partial charge in [0.15, 0.2) is 0 Å². The van der Waals surface area contributed by atoms with Crippen molar-refractivity contribution in [3.63, 3.8) is 0 Å². The van der Waals surface area contributed by atoms with Crippen LogP contribution >= 0.6 is 0 Å². The number of rotatable bonds is 4. The van der Waals surface area contributed by atoms with Crippen molar-refractivity contribution in [1.29, 1.82) is 0 Å². The van der Waals surface area contributed by atoms with Crippen LogP contribution in [0.1, 0.15) is 11.1 Å². The Kier molecular flexibility index (Phi) is 7.59. The first-order valence-electron chi connectivity index (χ1n) is 8.70. The van der Waals surface area contributed by atoms with E-state index in [0.717, 1.165) is 42.5 Å². The molecule has 0 N–H and O–H groups in total. The molecule has 0 amide bonds. The molecule has 33 heavy (non-hydrogen) atoms. The van der Waals surface area contributed by atoms with Crippen molar-refractivity contribution in [2.24, 2.45) is 0 Å². The SMILES string of the molecule is FC(F)(F)c1ccccc1Oc1ccccc1C(F)(F)F.O=[N+]([O-])c1cccc([N+](=O)[O-])c1. The first kappa shape index (κ1) is 25.1. The summed E-state index contributed by atoms with van der Waals surface area (Å²) in [6.07, 6.45) is -9.44. The fraction of sp³-hybridized carbons (Fsp3) is 0.100. The molecule has 0 saturated carbocycles.